The lowest BCUT2D eigenvalue weighted by Gasteiger charge is -2.41. The van der Waals surface area contributed by atoms with Crippen LogP contribution in [0, 0.1) is 0 Å². The third kappa shape index (κ3) is 3.98. The summed E-state index contributed by atoms with van der Waals surface area (Å²) in [7, 11) is 0. The number of piperidine rings is 1. The van der Waals surface area contributed by atoms with E-state index in [1.165, 1.54) is 5.00 Å². The third-order valence-corrected chi connectivity index (χ3v) is 5.94. The van der Waals surface area contributed by atoms with Gasteiger partial charge in [-0.1, -0.05) is 6.92 Å². The number of nitrogens with zero attached hydrogens (tertiary/aromatic N) is 2. The zero-order chi connectivity index (χ0) is 16.3. The van der Waals surface area contributed by atoms with Gasteiger partial charge in [-0.05, 0) is 43.7 Å². The summed E-state index contributed by atoms with van der Waals surface area (Å²) in [6, 6.07) is 4.62. The van der Waals surface area contributed by atoms with E-state index in [1.54, 1.807) is 11.3 Å². The maximum absolute atomic E-state index is 12.5. The summed E-state index contributed by atoms with van der Waals surface area (Å²) in [6.45, 7) is 8.24. The maximum atomic E-state index is 12.5. The van der Waals surface area contributed by atoms with Crippen molar-refractivity contribution in [2.45, 2.75) is 44.8 Å². The number of hydrogen-bond acceptors (Lipinski definition) is 4. The molecule has 1 N–H and O–H groups in total. The molecule has 1 aromatic rings. The van der Waals surface area contributed by atoms with Gasteiger partial charge in [0.2, 0.25) is 0 Å². The van der Waals surface area contributed by atoms with E-state index < -0.39 is 0 Å². The first-order valence-electron chi connectivity index (χ1n) is 8.57. The van der Waals surface area contributed by atoms with Crippen LogP contribution in [0.3, 0.4) is 0 Å². The first kappa shape index (κ1) is 16.6. The Labute approximate surface area is 142 Å². The number of thiophene rings is 1. The number of morpholine rings is 1. The minimum Gasteiger partial charge on any atom is -0.372 e. The second-order valence-electron chi connectivity index (χ2n) is 6.74. The topological polar surface area (TPSA) is 44.8 Å². The molecule has 128 valence electrons. The highest BCUT2D eigenvalue weighted by Crippen LogP contribution is 2.25. The van der Waals surface area contributed by atoms with Gasteiger partial charge in [-0.25, -0.2) is 4.79 Å². The highest BCUT2D eigenvalue weighted by atomic mass is 32.1. The van der Waals surface area contributed by atoms with Crippen molar-refractivity contribution in [3.05, 3.63) is 17.5 Å². The van der Waals surface area contributed by atoms with Crippen molar-refractivity contribution in [3.8, 4) is 0 Å². The number of nitrogens with one attached hydrogen (secondary N) is 1. The van der Waals surface area contributed by atoms with Crippen LogP contribution in [0.5, 0.6) is 0 Å². The zero-order valence-electron chi connectivity index (χ0n) is 14.1. The van der Waals surface area contributed by atoms with E-state index in [9.17, 15) is 4.79 Å². The standard InChI is InChI=1S/C17H27N3O2S/c1-3-17(2)13-20(10-11-22-17)16(21)18-14-6-8-19(9-7-14)15-5-4-12-23-15/h4-5,12,14H,3,6-11,13H2,1-2H3,(H,18,21). The number of carbonyl (C=O) groups excluding carboxylic acids is 1. The molecule has 3 rings (SSSR count). The van der Waals surface area contributed by atoms with Gasteiger partial charge >= 0.3 is 6.03 Å². The fourth-order valence-corrected chi connectivity index (χ4v) is 4.06. The van der Waals surface area contributed by atoms with Crippen molar-refractivity contribution in [1.29, 1.82) is 0 Å². The van der Waals surface area contributed by atoms with Gasteiger partial charge in [0.05, 0.1) is 23.8 Å². The normalized spacial score (nSPS) is 26.3. The molecule has 0 aliphatic carbocycles. The first-order valence-corrected chi connectivity index (χ1v) is 9.45. The molecule has 1 aromatic heterocycles. The van der Waals surface area contributed by atoms with Gasteiger partial charge < -0.3 is 19.9 Å². The Hall–Kier alpha value is -1.27. The number of carbonyl (C=O) groups is 1. The van der Waals surface area contributed by atoms with Crippen LogP contribution in [-0.2, 0) is 4.74 Å². The van der Waals surface area contributed by atoms with E-state index in [0.29, 0.717) is 19.7 Å². The largest absolute Gasteiger partial charge is 0.372 e. The van der Waals surface area contributed by atoms with Crippen LogP contribution in [0.1, 0.15) is 33.1 Å². The second kappa shape index (κ2) is 7.09. The van der Waals surface area contributed by atoms with Crippen molar-refractivity contribution in [2.24, 2.45) is 0 Å². The van der Waals surface area contributed by atoms with Crippen LogP contribution in [0.15, 0.2) is 17.5 Å². The molecule has 5 nitrogen and oxygen atoms in total. The molecular weight excluding hydrogens is 310 g/mol. The molecule has 2 aliphatic heterocycles. The number of anilines is 1. The van der Waals surface area contributed by atoms with E-state index in [-0.39, 0.29) is 17.7 Å². The van der Waals surface area contributed by atoms with Crippen molar-refractivity contribution in [3.63, 3.8) is 0 Å². The summed E-state index contributed by atoms with van der Waals surface area (Å²) < 4.78 is 5.81. The quantitative estimate of drug-likeness (QED) is 0.922. The predicted octanol–water partition coefficient (Wildman–Crippen LogP) is 2.93. The Morgan fingerprint density at radius 2 is 2.22 bits per heavy atom. The lowest BCUT2D eigenvalue weighted by atomic mass is 10.0. The Balaban J connectivity index is 1.47. The molecule has 6 heteroatoms. The molecule has 0 aromatic carbocycles. The molecule has 1 atom stereocenters. The highest BCUT2D eigenvalue weighted by molar-refractivity contribution is 7.14. The fraction of sp³-hybridized carbons (Fsp3) is 0.706. The number of ether oxygens (including phenoxy) is 1. The maximum Gasteiger partial charge on any atom is 0.317 e. The molecule has 1 unspecified atom stereocenters. The summed E-state index contributed by atoms with van der Waals surface area (Å²) >= 11 is 1.79. The van der Waals surface area contributed by atoms with Gasteiger partial charge in [0.1, 0.15) is 0 Å². The van der Waals surface area contributed by atoms with Crippen molar-refractivity contribution in [1.82, 2.24) is 10.2 Å². The first-order chi connectivity index (χ1) is 11.1. The van der Waals surface area contributed by atoms with E-state index >= 15 is 0 Å². The monoisotopic (exact) mass is 337 g/mol. The van der Waals surface area contributed by atoms with E-state index in [1.807, 2.05) is 4.90 Å². The Morgan fingerprint density at radius 3 is 2.87 bits per heavy atom. The summed E-state index contributed by atoms with van der Waals surface area (Å²) in [5, 5.41) is 6.68. The molecule has 0 saturated carbocycles. The van der Waals surface area contributed by atoms with E-state index in [2.05, 4.69) is 41.6 Å². The smallest absolute Gasteiger partial charge is 0.317 e. The Morgan fingerprint density at radius 1 is 1.43 bits per heavy atom. The predicted molar refractivity (Wildman–Crippen MR) is 94.3 cm³/mol. The van der Waals surface area contributed by atoms with Crippen LogP contribution in [0.25, 0.3) is 0 Å². The Bertz CT molecular complexity index is 514. The number of amides is 2. The number of rotatable bonds is 3. The summed E-state index contributed by atoms with van der Waals surface area (Å²) in [4.78, 5) is 16.9. The second-order valence-corrected chi connectivity index (χ2v) is 7.66. The lowest BCUT2D eigenvalue weighted by Crippen LogP contribution is -2.56. The van der Waals surface area contributed by atoms with Crippen LogP contribution in [-0.4, -0.2) is 55.4 Å². The average Bonchev–Trinajstić information content (AvgIpc) is 3.10. The van der Waals surface area contributed by atoms with Crippen LogP contribution < -0.4 is 10.2 Å². The zero-order valence-corrected chi connectivity index (χ0v) is 14.9. The van der Waals surface area contributed by atoms with E-state index in [4.69, 9.17) is 4.74 Å². The van der Waals surface area contributed by atoms with Crippen molar-refractivity contribution >= 4 is 22.4 Å². The van der Waals surface area contributed by atoms with Crippen molar-refractivity contribution < 1.29 is 9.53 Å². The van der Waals surface area contributed by atoms with E-state index in [0.717, 1.165) is 32.4 Å². The van der Waals surface area contributed by atoms with Gasteiger partial charge in [0, 0.05) is 25.7 Å². The molecule has 23 heavy (non-hydrogen) atoms. The molecule has 3 heterocycles. The van der Waals surface area contributed by atoms with Crippen molar-refractivity contribution in [2.75, 3.05) is 37.7 Å². The SMILES string of the molecule is CCC1(C)CN(C(=O)NC2CCN(c3cccs3)CC2)CCO1. The fourth-order valence-electron chi connectivity index (χ4n) is 3.28. The van der Waals surface area contributed by atoms with Gasteiger partial charge in [0.15, 0.2) is 0 Å². The van der Waals surface area contributed by atoms with Gasteiger partial charge in [0.25, 0.3) is 0 Å². The molecule has 2 aliphatic rings. The third-order valence-electron chi connectivity index (χ3n) is 5.01. The molecule has 2 amide bonds. The van der Waals surface area contributed by atoms with Crippen LogP contribution in [0.4, 0.5) is 9.80 Å². The molecule has 0 radical (unpaired) electrons. The molecule has 0 bridgehead atoms. The minimum atomic E-state index is -0.196. The molecule has 0 spiro atoms. The van der Waals surface area contributed by atoms with Gasteiger partial charge in [-0.15, -0.1) is 11.3 Å². The lowest BCUT2D eigenvalue weighted by molar-refractivity contribution is -0.0874. The highest BCUT2D eigenvalue weighted by Gasteiger charge is 2.33. The van der Waals surface area contributed by atoms with Crippen LogP contribution >= 0.6 is 11.3 Å². The number of urea groups is 1. The molecular formula is C17H27N3O2S. The molecule has 2 fully saturated rings. The van der Waals surface area contributed by atoms with Gasteiger partial charge in [-0.2, -0.15) is 0 Å². The summed E-state index contributed by atoms with van der Waals surface area (Å²) in [5.41, 5.74) is -0.196. The number of hydrogen-bond donors (Lipinski definition) is 1. The minimum absolute atomic E-state index is 0.0718. The van der Waals surface area contributed by atoms with Crippen LogP contribution in [0.2, 0.25) is 0 Å². The Kier molecular flexibility index (Phi) is 5.11. The summed E-state index contributed by atoms with van der Waals surface area (Å²) in [6.07, 6.45) is 2.95. The summed E-state index contributed by atoms with van der Waals surface area (Å²) in [5.74, 6) is 0. The average molecular weight is 337 g/mol. The molecule has 2 saturated heterocycles. The van der Waals surface area contributed by atoms with Gasteiger partial charge in [-0.3, -0.25) is 0 Å².